The first-order chi connectivity index (χ1) is 9.65. The van der Waals surface area contributed by atoms with Gasteiger partial charge < -0.3 is 5.11 Å². The molecule has 0 saturated heterocycles. The van der Waals surface area contributed by atoms with E-state index in [1.54, 1.807) is 6.07 Å². The summed E-state index contributed by atoms with van der Waals surface area (Å²) in [5, 5.41) is 11.9. The molecule has 20 heavy (non-hydrogen) atoms. The van der Waals surface area contributed by atoms with Crippen LogP contribution in [0.5, 0.6) is 0 Å². The van der Waals surface area contributed by atoms with Crippen LogP contribution < -0.4 is 0 Å². The van der Waals surface area contributed by atoms with Gasteiger partial charge in [-0.1, -0.05) is 30.3 Å². The molecule has 0 fully saturated rings. The number of carbonyl (C=O) groups is 1. The molecule has 0 saturated carbocycles. The molecular formula is C15H11NO2S2. The maximum absolute atomic E-state index is 11.0. The quantitative estimate of drug-likeness (QED) is 0.772. The Morgan fingerprint density at radius 3 is 2.65 bits per heavy atom. The summed E-state index contributed by atoms with van der Waals surface area (Å²) in [6.07, 6.45) is 0. The average Bonchev–Trinajstić information content (AvgIpc) is 3.06. The number of benzene rings is 1. The normalized spacial score (nSPS) is 10.7. The molecule has 3 rings (SSSR count). The third-order valence-electron chi connectivity index (χ3n) is 2.93. The van der Waals surface area contributed by atoms with Gasteiger partial charge in [-0.25, -0.2) is 9.78 Å². The number of rotatable bonds is 3. The zero-order valence-corrected chi connectivity index (χ0v) is 12.3. The van der Waals surface area contributed by atoms with Crippen molar-refractivity contribution in [3.63, 3.8) is 0 Å². The van der Waals surface area contributed by atoms with Crippen molar-refractivity contribution in [2.75, 3.05) is 0 Å². The lowest BCUT2D eigenvalue weighted by Gasteiger charge is -1.95. The average molecular weight is 301 g/mol. The lowest BCUT2D eigenvalue weighted by atomic mass is 10.2. The van der Waals surface area contributed by atoms with Crippen LogP contribution >= 0.6 is 22.7 Å². The van der Waals surface area contributed by atoms with E-state index >= 15 is 0 Å². The Morgan fingerprint density at radius 1 is 1.25 bits per heavy atom. The van der Waals surface area contributed by atoms with Crippen LogP contribution in [-0.4, -0.2) is 16.1 Å². The van der Waals surface area contributed by atoms with Gasteiger partial charge in [0.2, 0.25) is 0 Å². The van der Waals surface area contributed by atoms with Gasteiger partial charge in [0.15, 0.2) is 0 Å². The van der Waals surface area contributed by atoms with Crippen LogP contribution in [0.3, 0.4) is 0 Å². The predicted molar refractivity (Wildman–Crippen MR) is 82.6 cm³/mol. The lowest BCUT2D eigenvalue weighted by molar-refractivity contribution is 0.0702. The van der Waals surface area contributed by atoms with Crippen molar-refractivity contribution in [1.29, 1.82) is 0 Å². The van der Waals surface area contributed by atoms with Gasteiger partial charge in [-0.15, -0.1) is 22.7 Å². The molecule has 2 heterocycles. The number of carboxylic acid groups (broad SMARTS) is 1. The number of thiazole rings is 1. The van der Waals surface area contributed by atoms with Crippen molar-refractivity contribution in [2.24, 2.45) is 0 Å². The molecule has 1 aromatic carbocycles. The van der Waals surface area contributed by atoms with Crippen LogP contribution in [0.25, 0.3) is 21.8 Å². The van der Waals surface area contributed by atoms with E-state index in [1.807, 2.05) is 42.6 Å². The third kappa shape index (κ3) is 2.37. The van der Waals surface area contributed by atoms with Crippen LogP contribution in [-0.2, 0) is 0 Å². The summed E-state index contributed by atoms with van der Waals surface area (Å²) in [6, 6.07) is 11.7. The summed E-state index contributed by atoms with van der Waals surface area (Å²) in [7, 11) is 0. The van der Waals surface area contributed by atoms with Gasteiger partial charge in [-0.05, 0) is 13.0 Å². The number of hydrogen-bond acceptors (Lipinski definition) is 4. The monoisotopic (exact) mass is 301 g/mol. The number of aryl methyl sites for hydroxylation is 1. The summed E-state index contributed by atoms with van der Waals surface area (Å²) in [6.45, 7) is 1.93. The molecule has 1 N–H and O–H groups in total. The summed E-state index contributed by atoms with van der Waals surface area (Å²) >= 11 is 2.83. The second-order valence-corrected chi connectivity index (χ2v) is 6.40. The molecule has 0 radical (unpaired) electrons. The Morgan fingerprint density at radius 2 is 2.00 bits per heavy atom. The standard InChI is InChI=1S/C15H11NO2S2/c1-9-11(7-13(20-9)15(17)18)14-16-12(8-19-14)10-5-3-2-4-6-10/h2-8H,1H3,(H,17,18). The molecule has 0 aliphatic heterocycles. The highest BCUT2D eigenvalue weighted by atomic mass is 32.1. The van der Waals surface area contributed by atoms with Gasteiger partial charge in [0, 0.05) is 21.4 Å². The highest BCUT2D eigenvalue weighted by Gasteiger charge is 2.15. The van der Waals surface area contributed by atoms with Crippen molar-refractivity contribution < 1.29 is 9.90 Å². The zero-order chi connectivity index (χ0) is 14.1. The fraction of sp³-hybridized carbons (Fsp3) is 0.0667. The minimum Gasteiger partial charge on any atom is -0.477 e. The van der Waals surface area contributed by atoms with Crippen LogP contribution in [0.15, 0.2) is 41.8 Å². The molecule has 5 heteroatoms. The molecule has 100 valence electrons. The van der Waals surface area contributed by atoms with E-state index in [0.29, 0.717) is 4.88 Å². The molecule has 0 aliphatic rings. The van der Waals surface area contributed by atoms with Crippen molar-refractivity contribution >= 4 is 28.6 Å². The van der Waals surface area contributed by atoms with Crippen molar-refractivity contribution in [3.8, 4) is 21.8 Å². The SMILES string of the molecule is Cc1sc(C(=O)O)cc1-c1nc(-c2ccccc2)cs1. The van der Waals surface area contributed by atoms with Gasteiger partial charge in [-0.2, -0.15) is 0 Å². The second-order valence-electron chi connectivity index (χ2n) is 4.29. The summed E-state index contributed by atoms with van der Waals surface area (Å²) < 4.78 is 0. The Bertz CT molecular complexity index is 759. The first kappa shape index (κ1) is 13.0. The fourth-order valence-corrected chi connectivity index (χ4v) is 3.76. The first-order valence-electron chi connectivity index (χ1n) is 6.00. The Labute approximate surface area is 124 Å². The maximum Gasteiger partial charge on any atom is 0.345 e. The smallest absolute Gasteiger partial charge is 0.345 e. The number of aromatic carboxylic acids is 1. The van der Waals surface area contributed by atoms with Gasteiger partial charge in [-0.3, -0.25) is 0 Å². The Balaban J connectivity index is 2.00. The van der Waals surface area contributed by atoms with E-state index in [1.165, 1.54) is 22.7 Å². The zero-order valence-electron chi connectivity index (χ0n) is 10.7. The van der Waals surface area contributed by atoms with Gasteiger partial charge in [0.05, 0.1) is 5.69 Å². The minimum absolute atomic E-state index is 0.356. The first-order valence-corrected chi connectivity index (χ1v) is 7.70. The van der Waals surface area contributed by atoms with Gasteiger partial charge in [0.25, 0.3) is 0 Å². The third-order valence-corrected chi connectivity index (χ3v) is 4.85. The van der Waals surface area contributed by atoms with E-state index < -0.39 is 5.97 Å². The molecule has 0 unspecified atom stereocenters. The number of aromatic nitrogens is 1. The topological polar surface area (TPSA) is 50.2 Å². The minimum atomic E-state index is -0.885. The van der Waals surface area contributed by atoms with Crippen molar-refractivity contribution in [1.82, 2.24) is 4.98 Å². The molecule has 3 nitrogen and oxygen atoms in total. The largest absolute Gasteiger partial charge is 0.477 e. The van der Waals surface area contributed by atoms with Crippen LogP contribution in [0.2, 0.25) is 0 Å². The summed E-state index contributed by atoms with van der Waals surface area (Å²) in [4.78, 5) is 17.0. The molecule has 0 bridgehead atoms. The molecule has 0 spiro atoms. The Kier molecular flexibility index (Phi) is 3.38. The highest BCUT2D eigenvalue weighted by molar-refractivity contribution is 7.16. The molecule has 3 aromatic rings. The number of carboxylic acids is 1. The van der Waals surface area contributed by atoms with Gasteiger partial charge in [0.1, 0.15) is 9.88 Å². The predicted octanol–water partition coefficient (Wildman–Crippen LogP) is 4.55. The Hall–Kier alpha value is -1.98. The van der Waals surface area contributed by atoms with Crippen LogP contribution in [0.4, 0.5) is 0 Å². The maximum atomic E-state index is 11.0. The van der Waals surface area contributed by atoms with E-state index in [2.05, 4.69) is 4.98 Å². The van der Waals surface area contributed by atoms with E-state index in [0.717, 1.165) is 26.7 Å². The van der Waals surface area contributed by atoms with Crippen molar-refractivity contribution in [2.45, 2.75) is 6.92 Å². The lowest BCUT2D eigenvalue weighted by Crippen LogP contribution is -1.89. The molecular weight excluding hydrogens is 290 g/mol. The molecule has 0 amide bonds. The van der Waals surface area contributed by atoms with Gasteiger partial charge >= 0.3 is 5.97 Å². The molecule has 0 atom stereocenters. The van der Waals surface area contributed by atoms with E-state index in [9.17, 15) is 4.79 Å². The number of nitrogens with zero attached hydrogens (tertiary/aromatic N) is 1. The highest BCUT2D eigenvalue weighted by Crippen LogP contribution is 2.35. The van der Waals surface area contributed by atoms with Crippen LogP contribution in [0.1, 0.15) is 14.5 Å². The second kappa shape index (κ2) is 5.19. The number of hydrogen-bond donors (Lipinski definition) is 1. The summed E-state index contributed by atoms with van der Waals surface area (Å²) in [5.41, 5.74) is 2.91. The molecule has 2 aromatic heterocycles. The number of thiophene rings is 1. The van der Waals surface area contributed by atoms with E-state index in [4.69, 9.17) is 5.11 Å². The van der Waals surface area contributed by atoms with E-state index in [-0.39, 0.29) is 0 Å². The van der Waals surface area contributed by atoms with Crippen molar-refractivity contribution in [3.05, 3.63) is 51.5 Å². The molecule has 0 aliphatic carbocycles. The fourth-order valence-electron chi connectivity index (χ4n) is 1.94. The summed E-state index contributed by atoms with van der Waals surface area (Å²) in [5.74, 6) is -0.885. The van der Waals surface area contributed by atoms with Crippen LogP contribution in [0, 0.1) is 6.92 Å².